The first-order chi connectivity index (χ1) is 13.6. The third-order valence-electron chi connectivity index (χ3n) is 6.29. The molecule has 0 aromatic heterocycles. The van der Waals surface area contributed by atoms with Crippen LogP contribution in [0.1, 0.15) is 51.0 Å². The molecule has 28 heavy (non-hydrogen) atoms. The van der Waals surface area contributed by atoms with E-state index in [1.54, 1.807) is 6.08 Å². The van der Waals surface area contributed by atoms with Gasteiger partial charge in [-0.15, -0.1) is 0 Å². The predicted octanol–water partition coefficient (Wildman–Crippen LogP) is 4.82. The maximum absolute atomic E-state index is 12.3. The van der Waals surface area contributed by atoms with E-state index in [-0.39, 0.29) is 11.8 Å². The van der Waals surface area contributed by atoms with Crippen molar-refractivity contribution in [3.8, 4) is 11.5 Å². The number of rotatable bonds is 5. The van der Waals surface area contributed by atoms with Gasteiger partial charge in [-0.25, -0.2) is 0 Å². The molecule has 2 aliphatic carbocycles. The number of fused-ring (bicyclic) bond motifs is 2. The average molecular weight is 382 g/mol. The van der Waals surface area contributed by atoms with E-state index in [0.29, 0.717) is 37.0 Å². The van der Waals surface area contributed by atoms with E-state index in [4.69, 9.17) is 9.47 Å². The van der Waals surface area contributed by atoms with Gasteiger partial charge in [0.1, 0.15) is 0 Å². The van der Waals surface area contributed by atoms with Crippen LogP contribution in [0.15, 0.2) is 42.5 Å². The van der Waals surface area contributed by atoms with Crippen molar-refractivity contribution in [3.63, 3.8) is 0 Å². The Bertz CT molecular complexity index is 767. The fraction of sp³-hybridized carbons (Fsp3) is 0.542. The second-order valence-corrected chi connectivity index (χ2v) is 8.71. The van der Waals surface area contributed by atoms with Gasteiger partial charge in [0.05, 0.1) is 0 Å². The molecule has 1 heterocycles. The standard InChI is InChI=1S/C24H31NO3/c1-16(2)14-25-24(26)12-10-21-19-6-4-3-5-17(19)7-9-20(21)18-8-11-22-23(13-18)28-15-27-22/h7-13,16-17,19-21H,3-6,14-15H2,1-2H3,(H,25,26). The van der Waals surface area contributed by atoms with E-state index in [9.17, 15) is 4.79 Å². The van der Waals surface area contributed by atoms with E-state index in [1.807, 2.05) is 6.07 Å². The lowest BCUT2D eigenvalue weighted by Gasteiger charge is -2.41. The molecule has 4 rings (SSSR count). The highest BCUT2D eigenvalue weighted by Crippen LogP contribution is 2.48. The molecule has 1 aromatic carbocycles. The average Bonchev–Trinajstić information content (AvgIpc) is 3.18. The van der Waals surface area contributed by atoms with E-state index >= 15 is 0 Å². The molecule has 1 saturated carbocycles. The van der Waals surface area contributed by atoms with Gasteiger partial charge < -0.3 is 14.8 Å². The Morgan fingerprint density at radius 3 is 2.86 bits per heavy atom. The van der Waals surface area contributed by atoms with Crippen molar-refractivity contribution < 1.29 is 14.3 Å². The van der Waals surface area contributed by atoms with Gasteiger partial charge >= 0.3 is 0 Å². The van der Waals surface area contributed by atoms with Crippen LogP contribution in [0.5, 0.6) is 11.5 Å². The zero-order valence-electron chi connectivity index (χ0n) is 16.9. The van der Waals surface area contributed by atoms with Crippen LogP contribution in [0.2, 0.25) is 0 Å². The third-order valence-corrected chi connectivity index (χ3v) is 6.29. The highest BCUT2D eigenvalue weighted by molar-refractivity contribution is 5.87. The van der Waals surface area contributed by atoms with Gasteiger partial charge in [0.2, 0.25) is 12.7 Å². The maximum Gasteiger partial charge on any atom is 0.243 e. The van der Waals surface area contributed by atoms with E-state index in [2.05, 4.69) is 49.5 Å². The summed E-state index contributed by atoms with van der Waals surface area (Å²) in [4.78, 5) is 12.3. The minimum absolute atomic E-state index is 0.0139. The highest BCUT2D eigenvalue weighted by atomic mass is 16.7. The molecular formula is C24H31NO3. The number of ether oxygens (including phenoxy) is 2. The Labute approximate surface area is 168 Å². The van der Waals surface area contributed by atoms with Crippen molar-refractivity contribution in [3.05, 3.63) is 48.1 Å². The molecule has 150 valence electrons. The monoisotopic (exact) mass is 381 g/mol. The smallest absolute Gasteiger partial charge is 0.243 e. The van der Waals surface area contributed by atoms with Gasteiger partial charge in [-0.3, -0.25) is 4.79 Å². The normalized spacial score (nSPS) is 28.5. The van der Waals surface area contributed by atoms with Gasteiger partial charge in [0, 0.05) is 12.5 Å². The molecule has 0 radical (unpaired) electrons. The summed E-state index contributed by atoms with van der Waals surface area (Å²) < 4.78 is 11.1. The maximum atomic E-state index is 12.3. The Kier molecular flexibility index (Phi) is 5.74. The van der Waals surface area contributed by atoms with Gasteiger partial charge in [0.25, 0.3) is 0 Å². The van der Waals surface area contributed by atoms with Crippen LogP contribution in [-0.2, 0) is 4.79 Å². The Hall–Kier alpha value is -2.23. The summed E-state index contributed by atoms with van der Waals surface area (Å²) in [5, 5.41) is 3.00. The number of benzene rings is 1. The molecule has 4 atom stereocenters. The summed E-state index contributed by atoms with van der Waals surface area (Å²) in [7, 11) is 0. The number of amides is 1. The fourth-order valence-corrected chi connectivity index (χ4v) is 4.84. The van der Waals surface area contributed by atoms with E-state index in [0.717, 1.165) is 11.5 Å². The summed E-state index contributed by atoms with van der Waals surface area (Å²) >= 11 is 0. The number of carbonyl (C=O) groups excluding carboxylic acids is 1. The molecule has 1 fully saturated rings. The van der Waals surface area contributed by atoms with Crippen molar-refractivity contribution in [2.24, 2.45) is 23.7 Å². The minimum Gasteiger partial charge on any atom is -0.454 e. The molecule has 4 unspecified atom stereocenters. The molecule has 4 nitrogen and oxygen atoms in total. The zero-order valence-corrected chi connectivity index (χ0v) is 16.9. The molecule has 0 bridgehead atoms. The van der Waals surface area contributed by atoms with Crippen LogP contribution in [0.3, 0.4) is 0 Å². The number of allylic oxidation sites excluding steroid dienone is 3. The summed E-state index contributed by atoms with van der Waals surface area (Å²) in [6.45, 7) is 5.23. The lowest BCUT2D eigenvalue weighted by atomic mass is 9.63. The van der Waals surface area contributed by atoms with Gasteiger partial charge in [-0.2, -0.15) is 0 Å². The Balaban J connectivity index is 1.58. The second-order valence-electron chi connectivity index (χ2n) is 8.71. The van der Waals surface area contributed by atoms with Crippen molar-refractivity contribution in [1.29, 1.82) is 0 Å². The summed E-state index contributed by atoms with van der Waals surface area (Å²) in [6.07, 6.45) is 13.8. The number of nitrogens with one attached hydrogen (secondary N) is 1. The first-order valence-corrected chi connectivity index (χ1v) is 10.7. The third kappa shape index (κ3) is 4.11. The van der Waals surface area contributed by atoms with Crippen LogP contribution in [0.4, 0.5) is 0 Å². The molecule has 1 N–H and O–H groups in total. The highest BCUT2D eigenvalue weighted by Gasteiger charge is 2.37. The summed E-state index contributed by atoms with van der Waals surface area (Å²) in [5.74, 6) is 3.95. The number of hydrogen-bond acceptors (Lipinski definition) is 3. The first-order valence-electron chi connectivity index (χ1n) is 10.7. The second kappa shape index (κ2) is 8.42. The minimum atomic E-state index is 0.0139. The van der Waals surface area contributed by atoms with Crippen LogP contribution in [0.25, 0.3) is 0 Å². The van der Waals surface area contributed by atoms with Crippen LogP contribution >= 0.6 is 0 Å². The van der Waals surface area contributed by atoms with Crippen molar-refractivity contribution in [1.82, 2.24) is 5.32 Å². The summed E-state index contributed by atoms with van der Waals surface area (Å²) in [6, 6.07) is 6.26. The lowest BCUT2D eigenvalue weighted by molar-refractivity contribution is -0.116. The van der Waals surface area contributed by atoms with E-state index in [1.165, 1.54) is 31.2 Å². The van der Waals surface area contributed by atoms with Crippen LogP contribution < -0.4 is 14.8 Å². The zero-order chi connectivity index (χ0) is 19.5. The Morgan fingerprint density at radius 2 is 2.00 bits per heavy atom. The molecule has 4 heteroatoms. The molecule has 1 amide bonds. The quantitative estimate of drug-likeness (QED) is 0.588. The van der Waals surface area contributed by atoms with Gasteiger partial charge in [0.15, 0.2) is 11.5 Å². The molecule has 0 spiro atoms. The SMILES string of the molecule is CC(C)CNC(=O)C=CC1C(c2ccc3c(c2)OCO3)C=CC2CCCCC21. The first kappa shape index (κ1) is 19.1. The van der Waals surface area contributed by atoms with Gasteiger partial charge in [-0.05, 0) is 60.3 Å². The molecule has 1 aliphatic heterocycles. The molecule has 1 aromatic rings. The Morgan fingerprint density at radius 1 is 1.18 bits per heavy atom. The van der Waals surface area contributed by atoms with E-state index < -0.39 is 0 Å². The predicted molar refractivity (Wildman–Crippen MR) is 110 cm³/mol. The van der Waals surface area contributed by atoms with Crippen molar-refractivity contribution >= 4 is 5.91 Å². The molecular weight excluding hydrogens is 350 g/mol. The van der Waals surface area contributed by atoms with Crippen LogP contribution in [-0.4, -0.2) is 19.2 Å². The lowest BCUT2D eigenvalue weighted by Crippen LogP contribution is -2.32. The van der Waals surface area contributed by atoms with Gasteiger partial charge in [-0.1, -0.05) is 51.0 Å². The largest absolute Gasteiger partial charge is 0.454 e. The molecule has 3 aliphatic rings. The number of hydrogen-bond donors (Lipinski definition) is 1. The van der Waals surface area contributed by atoms with Crippen LogP contribution in [0, 0.1) is 23.7 Å². The number of carbonyl (C=O) groups is 1. The topological polar surface area (TPSA) is 47.6 Å². The molecule has 0 saturated heterocycles. The van der Waals surface area contributed by atoms with Crippen molar-refractivity contribution in [2.45, 2.75) is 45.4 Å². The van der Waals surface area contributed by atoms with Crippen molar-refractivity contribution in [2.75, 3.05) is 13.3 Å². The fourth-order valence-electron chi connectivity index (χ4n) is 4.84. The summed E-state index contributed by atoms with van der Waals surface area (Å²) in [5.41, 5.74) is 1.24.